The molecule has 1 saturated carbocycles. The molecule has 1 heterocycles. The average Bonchev–Trinajstić information content (AvgIpc) is 3.34. The fraction of sp³-hybridized carbons (Fsp3) is 0.448. The molecule has 0 radical (unpaired) electrons. The first-order chi connectivity index (χ1) is 20.2. The van der Waals surface area contributed by atoms with E-state index in [-0.39, 0.29) is 33.9 Å². The summed E-state index contributed by atoms with van der Waals surface area (Å²) in [6.07, 6.45) is 1.46. The largest absolute Gasteiger partial charge is 0.480 e. The van der Waals surface area contributed by atoms with E-state index < -0.39 is 63.9 Å². The molecule has 1 aliphatic carbocycles. The molecule has 7 atom stereocenters. The van der Waals surface area contributed by atoms with E-state index in [1.165, 1.54) is 24.0 Å². The normalized spacial score (nSPS) is 24.0. The number of hydrogen-bond donors (Lipinski definition) is 5. The Balaban J connectivity index is 1.45. The topological polar surface area (TPSA) is 196 Å². The Labute approximate surface area is 254 Å². The molecule has 1 aliphatic heterocycles. The smallest absolute Gasteiger partial charge is 0.326 e. The molecule has 0 bridgehead atoms. The summed E-state index contributed by atoms with van der Waals surface area (Å²) < 4.78 is 23.6. The summed E-state index contributed by atoms with van der Waals surface area (Å²) in [5.74, 6) is -3.99. The molecule has 2 fully saturated rings. The van der Waals surface area contributed by atoms with Gasteiger partial charge in [-0.25, -0.2) is 18.4 Å². The van der Waals surface area contributed by atoms with Gasteiger partial charge in [-0.05, 0) is 62.3 Å². The van der Waals surface area contributed by atoms with Gasteiger partial charge in [-0.15, -0.1) is 0 Å². The molecule has 12 nitrogen and oxygen atoms in total. The molecule has 0 spiro atoms. The number of rotatable bonds is 10. The van der Waals surface area contributed by atoms with Crippen molar-refractivity contribution >= 4 is 45.4 Å². The molecule has 14 heteroatoms. The Morgan fingerprint density at radius 3 is 2.30 bits per heavy atom. The standard InChI is InChI=1S/C29H35ClN4O8S/c1-15(17-6-4-3-5-7-17)25(29(39)40)32-16(2)27(36)34-22-11-9-20(12-19(22)13-23(34)28(37)38)33-26(35)18-8-10-21(30)24(14-18)43(31,41)42/h3-8,10,14-16,19-20,22-23,25,32H,9,11-13H2,1-2H3,(H,33,35)(H,37,38)(H,39,40)(H2,31,41,42)/t15?,16-,19?,20?,22?,23?,25-/m0/s1. The van der Waals surface area contributed by atoms with Crippen LogP contribution in [0.25, 0.3) is 0 Å². The number of sulfonamides is 1. The van der Waals surface area contributed by atoms with Crippen molar-refractivity contribution in [1.82, 2.24) is 15.5 Å². The number of nitrogens with two attached hydrogens (primary N) is 1. The predicted octanol–water partition coefficient (Wildman–Crippen LogP) is 2.18. The van der Waals surface area contributed by atoms with Crippen molar-refractivity contribution in [2.45, 2.75) is 80.6 Å². The van der Waals surface area contributed by atoms with Crippen LogP contribution in [-0.2, 0) is 24.4 Å². The minimum absolute atomic E-state index is 0.0554. The van der Waals surface area contributed by atoms with Crippen molar-refractivity contribution in [3.05, 3.63) is 64.7 Å². The van der Waals surface area contributed by atoms with Crippen LogP contribution in [0.15, 0.2) is 53.4 Å². The van der Waals surface area contributed by atoms with Crippen molar-refractivity contribution in [3.8, 4) is 0 Å². The quantitative estimate of drug-likeness (QED) is 0.260. The summed E-state index contributed by atoms with van der Waals surface area (Å²) in [7, 11) is -4.14. The first kappa shape index (κ1) is 32.4. The van der Waals surface area contributed by atoms with E-state index in [0.29, 0.717) is 19.3 Å². The minimum atomic E-state index is -4.14. The average molecular weight is 635 g/mol. The van der Waals surface area contributed by atoms with Gasteiger partial charge in [0.2, 0.25) is 15.9 Å². The van der Waals surface area contributed by atoms with Crippen LogP contribution in [0.5, 0.6) is 0 Å². The van der Waals surface area contributed by atoms with Crippen LogP contribution < -0.4 is 15.8 Å². The number of nitrogens with zero attached hydrogens (tertiary/aromatic N) is 1. The van der Waals surface area contributed by atoms with Crippen molar-refractivity contribution in [1.29, 1.82) is 0 Å². The number of aliphatic carboxylic acids is 2. The monoisotopic (exact) mass is 634 g/mol. The first-order valence-corrected chi connectivity index (χ1v) is 15.8. The predicted molar refractivity (Wildman–Crippen MR) is 157 cm³/mol. The molecular weight excluding hydrogens is 600 g/mol. The molecule has 5 unspecified atom stereocenters. The maximum absolute atomic E-state index is 13.7. The summed E-state index contributed by atoms with van der Waals surface area (Å²) in [6.45, 7) is 3.29. The molecule has 6 N–H and O–H groups in total. The van der Waals surface area contributed by atoms with Gasteiger partial charge in [-0.3, -0.25) is 19.7 Å². The highest BCUT2D eigenvalue weighted by Gasteiger charge is 2.50. The van der Waals surface area contributed by atoms with Crippen LogP contribution in [-0.4, -0.2) is 77.5 Å². The number of hydrogen-bond acceptors (Lipinski definition) is 7. The first-order valence-electron chi connectivity index (χ1n) is 13.9. The third-order valence-corrected chi connectivity index (χ3v) is 9.82. The SMILES string of the molecule is CC(c1ccccc1)[C@H](N[C@@H](C)C(=O)N1C(C(=O)O)CC2CC(NC(=O)c3ccc(Cl)c(S(N)(=O)=O)c3)CCC21)C(=O)O. The van der Waals surface area contributed by atoms with Gasteiger partial charge in [0.05, 0.1) is 11.1 Å². The number of primary sulfonamides is 1. The molecule has 2 aromatic carbocycles. The van der Waals surface area contributed by atoms with Crippen LogP contribution in [0.4, 0.5) is 0 Å². The Hall–Kier alpha value is -3.52. The van der Waals surface area contributed by atoms with Gasteiger partial charge < -0.3 is 20.4 Å². The van der Waals surface area contributed by atoms with Crippen LogP contribution in [0.1, 0.15) is 61.4 Å². The van der Waals surface area contributed by atoms with Crippen molar-refractivity contribution in [2.75, 3.05) is 0 Å². The number of carboxylic acid groups (broad SMARTS) is 2. The number of nitrogens with one attached hydrogen (secondary N) is 2. The molecule has 2 aromatic rings. The Morgan fingerprint density at radius 2 is 1.70 bits per heavy atom. The molecule has 2 aliphatic rings. The van der Waals surface area contributed by atoms with E-state index in [9.17, 15) is 37.8 Å². The van der Waals surface area contributed by atoms with Gasteiger partial charge in [0.15, 0.2) is 0 Å². The summed E-state index contributed by atoms with van der Waals surface area (Å²) in [5.41, 5.74) is 0.839. The number of carboxylic acids is 2. The lowest BCUT2D eigenvalue weighted by molar-refractivity contribution is -0.151. The Kier molecular flexibility index (Phi) is 9.79. The lowest BCUT2D eigenvalue weighted by Crippen LogP contribution is -2.57. The number of likely N-dealkylation sites (tertiary alicyclic amines) is 1. The van der Waals surface area contributed by atoms with Gasteiger partial charge in [0, 0.05) is 23.6 Å². The van der Waals surface area contributed by atoms with Crippen LogP contribution in [0, 0.1) is 5.92 Å². The fourth-order valence-corrected chi connectivity index (χ4v) is 7.31. The van der Waals surface area contributed by atoms with Gasteiger partial charge in [0.25, 0.3) is 5.91 Å². The lowest BCUT2D eigenvalue weighted by Gasteiger charge is -2.38. The number of carbonyl (C=O) groups is 4. The van der Waals surface area contributed by atoms with Crippen LogP contribution in [0.2, 0.25) is 5.02 Å². The number of fused-ring (bicyclic) bond motifs is 1. The van der Waals surface area contributed by atoms with E-state index >= 15 is 0 Å². The van der Waals surface area contributed by atoms with Crippen molar-refractivity contribution in [2.24, 2.45) is 11.1 Å². The molecule has 4 rings (SSSR count). The van der Waals surface area contributed by atoms with E-state index in [2.05, 4.69) is 10.6 Å². The molecule has 232 valence electrons. The minimum Gasteiger partial charge on any atom is -0.480 e. The van der Waals surface area contributed by atoms with Gasteiger partial charge in [-0.2, -0.15) is 0 Å². The van der Waals surface area contributed by atoms with E-state index in [1.807, 2.05) is 18.2 Å². The zero-order valence-corrected chi connectivity index (χ0v) is 25.2. The molecular formula is C29H35ClN4O8S. The van der Waals surface area contributed by atoms with Crippen LogP contribution in [0.3, 0.4) is 0 Å². The van der Waals surface area contributed by atoms with Gasteiger partial charge in [-0.1, -0.05) is 48.9 Å². The van der Waals surface area contributed by atoms with E-state index in [0.717, 1.165) is 11.6 Å². The number of carbonyl (C=O) groups excluding carboxylic acids is 2. The molecule has 0 aromatic heterocycles. The lowest BCUT2D eigenvalue weighted by atomic mass is 9.81. The fourth-order valence-electron chi connectivity index (χ4n) is 6.24. The number of benzene rings is 2. The summed E-state index contributed by atoms with van der Waals surface area (Å²) in [6, 6.07) is 8.92. The highest BCUT2D eigenvalue weighted by atomic mass is 35.5. The number of halogens is 1. The summed E-state index contributed by atoms with van der Waals surface area (Å²) in [5, 5.41) is 30.8. The maximum atomic E-state index is 13.7. The van der Waals surface area contributed by atoms with E-state index in [4.69, 9.17) is 16.7 Å². The highest BCUT2D eigenvalue weighted by molar-refractivity contribution is 7.89. The second-order valence-electron chi connectivity index (χ2n) is 11.2. The zero-order chi connectivity index (χ0) is 31.6. The molecule has 43 heavy (non-hydrogen) atoms. The van der Waals surface area contributed by atoms with Crippen molar-refractivity contribution in [3.63, 3.8) is 0 Å². The van der Waals surface area contributed by atoms with Gasteiger partial charge >= 0.3 is 11.9 Å². The zero-order valence-electron chi connectivity index (χ0n) is 23.6. The maximum Gasteiger partial charge on any atom is 0.326 e. The second-order valence-corrected chi connectivity index (χ2v) is 13.2. The number of amides is 2. The third kappa shape index (κ3) is 7.18. The third-order valence-electron chi connectivity index (χ3n) is 8.43. The van der Waals surface area contributed by atoms with Crippen molar-refractivity contribution < 1.29 is 37.8 Å². The molecule has 1 saturated heterocycles. The summed E-state index contributed by atoms with van der Waals surface area (Å²) >= 11 is 5.92. The van der Waals surface area contributed by atoms with Crippen LogP contribution >= 0.6 is 11.6 Å². The summed E-state index contributed by atoms with van der Waals surface area (Å²) in [4.78, 5) is 52.0. The Bertz CT molecular complexity index is 1510. The highest BCUT2D eigenvalue weighted by Crippen LogP contribution is 2.40. The Morgan fingerprint density at radius 1 is 1.02 bits per heavy atom. The van der Waals surface area contributed by atoms with E-state index in [1.54, 1.807) is 19.1 Å². The second kappa shape index (κ2) is 13.0. The van der Waals surface area contributed by atoms with Gasteiger partial charge in [0.1, 0.15) is 17.0 Å². The molecule has 2 amide bonds.